The van der Waals surface area contributed by atoms with Crippen molar-refractivity contribution in [1.29, 1.82) is 0 Å². The Morgan fingerprint density at radius 3 is 2.35 bits per heavy atom. The fourth-order valence-corrected chi connectivity index (χ4v) is 4.13. The highest BCUT2D eigenvalue weighted by Gasteiger charge is 2.30. The predicted octanol–water partition coefficient (Wildman–Crippen LogP) is 1.65. The first kappa shape index (κ1) is 28.2. The third-order valence-electron chi connectivity index (χ3n) is 5.71. The van der Waals surface area contributed by atoms with Crippen molar-refractivity contribution in [3.05, 3.63) is 102 Å². The Morgan fingerprint density at radius 2 is 1.73 bits per heavy atom. The third kappa shape index (κ3) is 6.96. The van der Waals surface area contributed by atoms with Gasteiger partial charge >= 0.3 is 5.97 Å². The van der Waals surface area contributed by atoms with Gasteiger partial charge in [0.2, 0.25) is 10.0 Å². The van der Waals surface area contributed by atoms with Crippen molar-refractivity contribution in [3.63, 3.8) is 0 Å². The van der Waals surface area contributed by atoms with E-state index in [9.17, 15) is 22.8 Å². The Bertz CT molecular complexity index is 1570. The van der Waals surface area contributed by atoms with E-state index < -0.39 is 27.8 Å². The van der Waals surface area contributed by atoms with Crippen LogP contribution in [0.1, 0.15) is 15.9 Å². The Balaban J connectivity index is 1.58. The second kappa shape index (κ2) is 12.3. The number of methoxy groups -OCH3 is 1. The van der Waals surface area contributed by atoms with E-state index in [0.29, 0.717) is 17.9 Å². The highest BCUT2D eigenvalue weighted by molar-refractivity contribution is 7.89. The van der Waals surface area contributed by atoms with Crippen LogP contribution in [0, 0.1) is 0 Å². The molecule has 0 aliphatic carbocycles. The zero-order chi connectivity index (χ0) is 28.7. The quantitative estimate of drug-likeness (QED) is 0.259. The van der Waals surface area contributed by atoms with Gasteiger partial charge in [-0.2, -0.15) is 0 Å². The summed E-state index contributed by atoms with van der Waals surface area (Å²) in [5, 5.41) is 9.09. The van der Waals surface area contributed by atoms with Gasteiger partial charge < -0.3 is 14.9 Å². The van der Waals surface area contributed by atoms with E-state index in [1.54, 1.807) is 66.7 Å². The summed E-state index contributed by atoms with van der Waals surface area (Å²) < 4.78 is 28.1. The summed E-state index contributed by atoms with van der Waals surface area (Å²) in [4.78, 5) is 47.5. The first-order chi connectivity index (χ1) is 19.2. The second-order valence-electron chi connectivity index (χ2n) is 8.41. The summed E-state index contributed by atoms with van der Waals surface area (Å²) in [6.07, 6.45) is 1.50. The average Bonchev–Trinajstić information content (AvgIpc) is 3.32. The lowest BCUT2D eigenvalue weighted by Gasteiger charge is -2.16. The van der Waals surface area contributed by atoms with Crippen molar-refractivity contribution in [2.45, 2.75) is 11.3 Å². The molecule has 2 amide bonds. The molecule has 0 atom stereocenters. The van der Waals surface area contributed by atoms with Crippen LogP contribution in [-0.4, -0.2) is 45.6 Å². The van der Waals surface area contributed by atoms with Crippen LogP contribution in [0.4, 0.5) is 5.69 Å². The van der Waals surface area contributed by atoms with Crippen molar-refractivity contribution in [1.82, 2.24) is 10.9 Å². The first-order valence-electron chi connectivity index (χ1n) is 11.9. The average molecular weight is 564 g/mol. The Morgan fingerprint density at radius 1 is 1.05 bits per heavy atom. The van der Waals surface area contributed by atoms with Crippen molar-refractivity contribution < 1.29 is 32.4 Å². The normalized spacial score (nSPS) is 14.7. The van der Waals surface area contributed by atoms with E-state index in [1.165, 1.54) is 24.3 Å². The maximum atomic E-state index is 13.2. The Labute approximate surface area is 230 Å². The fourth-order valence-electron chi connectivity index (χ4n) is 3.62. The molecule has 1 aliphatic rings. The molecule has 0 unspecified atom stereocenters. The molecule has 1 saturated heterocycles. The van der Waals surface area contributed by atoms with Crippen LogP contribution in [0.25, 0.3) is 0 Å². The van der Waals surface area contributed by atoms with Gasteiger partial charge in [-0.05, 0) is 60.5 Å². The molecule has 12 nitrogen and oxygen atoms in total. The number of carbonyl (C=O) groups excluding carboxylic acids is 3. The standard InChI is InChI=1S/C27H25N5O7S/c1-38-21-11-9-20(10-12-21)32-24(27(35)39-31-32)17-23(30-25(33)19-5-3-2-4-6-19)26(34)29-16-15-18-7-13-22(14-8-18)40(28,36)37/h2-14,17,31H,15-16H2,1H3,(H,29,34)(H2,28,36,37)/b24-17+,30-23?. The fraction of sp³-hybridized carbons (Fsp3) is 0.111. The van der Waals surface area contributed by atoms with Gasteiger partial charge in [-0.3, -0.25) is 9.59 Å². The molecule has 1 heterocycles. The van der Waals surface area contributed by atoms with Gasteiger partial charge in [0.05, 0.1) is 17.7 Å². The minimum Gasteiger partial charge on any atom is -0.497 e. The third-order valence-corrected chi connectivity index (χ3v) is 6.64. The number of carbonyl (C=O) groups is 3. The number of benzene rings is 3. The monoisotopic (exact) mass is 563 g/mol. The largest absolute Gasteiger partial charge is 0.497 e. The van der Waals surface area contributed by atoms with Crippen LogP contribution in [0.2, 0.25) is 0 Å². The second-order valence-corrected chi connectivity index (χ2v) is 9.97. The molecule has 0 aromatic heterocycles. The lowest BCUT2D eigenvalue weighted by molar-refractivity contribution is -0.140. The molecule has 3 aromatic carbocycles. The number of hydrogen-bond donors (Lipinski definition) is 3. The molecular weight excluding hydrogens is 538 g/mol. The van der Waals surface area contributed by atoms with E-state index >= 15 is 0 Å². The van der Waals surface area contributed by atoms with Crippen molar-refractivity contribution in [2.24, 2.45) is 10.1 Å². The minimum absolute atomic E-state index is 0.0285. The molecule has 0 bridgehead atoms. The molecule has 1 fully saturated rings. The molecular formula is C27H25N5O7S. The van der Waals surface area contributed by atoms with Crippen molar-refractivity contribution >= 4 is 39.2 Å². The summed E-state index contributed by atoms with van der Waals surface area (Å²) >= 11 is 0. The van der Waals surface area contributed by atoms with Gasteiger partial charge in [0, 0.05) is 18.2 Å². The predicted molar refractivity (Wildman–Crippen MR) is 146 cm³/mol. The molecule has 1 aliphatic heterocycles. The smallest absolute Gasteiger partial charge is 0.376 e. The van der Waals surface area contributed by atoms with E-state index in [-0.39, 0.29) is 28.4 Å². The molecule has 206 valence electrons. The topological polar surface area (TPSA) is 169 Å². The van der Waals surface area contributed by atoms with E-state index in [1.807, 2.05) is 0 Å². The van der Waals surface area contributed by atoms with Crippen LogP contribution in [-0.2, 0) is 30.9 Å². The minimum atomic E-state index is -3.82. The number of sulfonamides is 1. The number of nitrogens with zero attached hydrogens (tertiary/aromatic N) is 2. The van der Waals surface area contributed by atoms with Gasteiger partial charge in [-0.1, -0.05) is 35.9 Å². The van der Waals surface area contributed by atoms with E-state index in [2.05, 4.69) is 15.9 Å². The number of hydrazine groups is 1. The number of ether oxygens (including phenoxy) is 1. The lowest BCUT2D eigenvalue weighted by Crippen LogP contribution is -2.34. The summed E-state index contributed by atoms with van der Waals surface area (Å²) in [6.45, 7) is 0.125. The number of nitrogens with two attached hydrogens (primary N) is 1. The van der Waals surface area contributed by atoms with Crippen molar-refractivity contribution in [2.75, 3.05) is 18.7 Å². The summed E-state index contributed by atoms with van der Waals surface area (Å²) in [7, 11) is -2.30. The highest BCUT2D eigenvalue weighted by atomic mass is 32.2. The van der Waals surface area contributed by atoms with Crippen LogP contribution in [0.15, 0.2) is 101 Å². The molecule has 0 spiro atoms. The van der Waals surface area contributed by atoms with Crippen molar-refractivity contribution in [3.8, 4) is 5.75 Å². The molecule has 40 heavy (non-hydrogen) atoms. The number of primary sulfonamides is 1. The number of aliphatic imine (C=N–C) groups is 1. The van der Waals surface area contributed by atoms with Gasteiger partial charge in [-0.15, -0.1) is 0 Å². The number of amides is 2. The molecule has 4 N–H and O–H groups in total. The molecule has 0 radical (unpaired) electrons. The zero-order valence-corrected chi connectivity index (χ0v) is 22.1. The van der Waals surface area contributed by atoms with Crippen LogP contribution < -0.4 is 25.8 Å². The first-order valence-corrected chi connectivity index (χ1v) is 13.4. The van der Waals surface area contributed by atoms with Gasteiger partial charge in [0.15, 0.2) is 5.70 Å². The van der Waals surface area contributed by atoms with Crippen LogP contribution >= 0.6 is 0 Å². The molecule has 13 heteroatoms. The molecule has 3 aromatic rings. The summed E-state index contributed by atoms with van der Waals surface area (Å²) in [6, 6.07) is 20.7. The Kier molecular flexibility index (Phi) is 8.69. The Hall–Kier alpha value is -4.85. The molecule has 0 saturated carbocycles. The number of anilines is 1. The maximum Gasteiger partial charge on any atom is 0.376 e. The number of rotatable bonds is 9. The summed E-state index contributed by atoms with van der Waals surface area (Å²) in [5.74, 6) is -1.60. The SMILES string of the molecule is COc1ccc(N2NOC(=O)/C2=C\C(=NC(=O)c2ccccc2)C(=O)NCCc2ccc(S(N)(=O)=O)cc2)cc1. The van der Waals surface area contributed by atoms with E-state index in [4.69, 9.17) is 14.7 Å². The summed E-state index contributed by atoms with van der Waals surface area (Å²) in [5.41, 5.74) is 3.54. The molecule has 4 rings (SSSR count). The number of hydrogen-bond acceptors (Lipinski definition) is 9. The zero-order valence-electron chi connectivity index (χ0n) is 21.2. The van der Waals surface area contributed by atoms with Gasteiger partial charge in [0.1, 0.15) is 11.5 Å². The van der Waals surface area contributed by atoms with Gasteiger partial charge in [0.25, 0.3) is 11.8 Å². The highest BCUT2D eigenvalue weighted by Crippen LogP contribution is 2.24. The number of nitrogens with one attached hydrogen (secondary N) is 2. The van der Waals surface area contributed by atoms with Gasteiger partial charge in [-0.25, -0.2) is 28.4 Å². The van der Waals surface area contributed by atoms with E-state index in [0.717, 1.165) is 11.6 Å². The maximum absolute atomic E-state index is 13.2. The van der Waals surface area contributed by atoms with Crippen LogP contribution in [0.3, 0.4) is 0 Å². The van der Waals surface area contributed by atoms with Crippen LogP contribution in [0.5, 0.6) is 5.75 Å². The lowest BCUT2D eigenvalue weighted by atomic mass is 10.1.